The Morgan fingerprint density at radius 2 is 2.04 bits per heavy atom. The van der Waals surface area contributed by atoms with Crippen LogP contribution < -0.4 is 10.6 Å². The predicted octanol–water partition coefficient (Wildman–Crippen LogP) is 3.00. The lowest BCUT2D eigenvalue weighted by Gasteiger charge is -2.33. The normalized spacial score (nSPS) is 26.6. The van der Waals surface area contributed by atoms with Gasteiger partial charge in [-0.1, -0.05) is 36.8 Å². The highest BCUT2D eigenvalue weighted by Gasteiger charge is 2.34. The number of rotatable bonds is 5. The van der Waals surface area contributed by atoms with Crippen molar-refractivity contribution >= 4 is 0 Å². The Morgan fingerprint density at radius 3 is 2.80 bits per heavy atom. The molecule has 0 bridgehead atoms. The Balaban J connectivity index is 1.34. The van der Waals surface area contributed by atoms with E-state index in [1.54, 1.807) is 0 Å². The zero-order chi connectivity index (χ0) is 16.9. The molecule has 3 atom stereocenters. The van der Waals surface area contributed by atoms with E-state index in [0.29, 0.717) is 18.0 Å². The number of nitrogens with zero attached hydrogens (tertiary/aromatic N) is 1. The Bertz CT molecular complexity index is 653. The van der Waals surface area contributed by atoms with Crippen LogP contribution in [0.3, 0.4) is 0 Å². The molecule has 4 heteroatoms. The van der Waals surface area contributed by atoms with E-state index < -0.39 is 0 Å². The average molecular weight is 337 g/mol. The van der Waals surface area contributed by atoms with E-state index in [1.165, 1.54) is 36.0 Å². The molecule has 3 unspecified atom stereocenters. The molecule has 1 aliphatic heterocycles. The smallest absolute Gasteiger partial charge is 0.0623 e. The van der Waals surface area contributed by atoms with Gasteiger partial charge in [-0.3, -0.25) is 4.98 Å². The molecule has 1 aromatic heterocycles. The minimum absolute atomic E-state index is 0.515. The zero-order valence-corrected chi connectivity index (χ0v) is 14.7. The van der Waals surface area contributed by atoms with Crippen molar-refractivity contribution in [3.63, 3.8) is 0 Å². The summed E-state index contributed by atoms with van der Waals surface area (Å²) in [4.78, 5) is 4.20. The van der Waals surface area contributed by atoms with E-state index in [2.05, 4.69) is 45.9 Å². The molecule has 2 heterocycles. The van der Waals surface area contributed by atoms with E-state index in [1.807, 2.05) is 18.5 Å². The molecule has 4 rings (SSSR count). The largest absolute Gasteiger partial charge is 0.379 e. The summed E-state index contributed by atoms with van der Waals surface area (Å²) in [5.74, 6) is 0.690. The summed E-state index contributed by atoms with van der Waals surface area (Å²) >= 11 is 0. The maximum absolute atomic E-state index is 5.67. The maximum atomic E-state index is 5.67. The van der Waals surface area contributed by atoms with Gasteiger partial charge in [-0.05, 0) is 41.5 Å². The summed E-state index contributed by atoms with van der Waals surface area (Å²) < 4.78 is 5.67. The average Bonchev–Trinajstić information content (AvgIpc) is 3.17. The van der Waals surface area contributed by atoms with E-state index in [0.717, 1.165) is 26.3 Å². The van der Waals surface area contributed by atoms with Gasteiger partial charge >= 0.3 is 0 Å². The van der Waals surface area contributed by atoms with Crippen molar-refractivity contribution in [1.82, 2.24) is 15.6 Å². The van der Waals surface area contributed by atoms with E-state index in [4.69, 9.17) is 4.74 Å². The number of morpholine rings is 1. The van der Waals surface area contributed by atoms with Crippen molar-refractivity contribution in [1.29, 1.82) is 0 Å². The first kappa shape index (κ1) is 16.7. The third-order valence-electron chi connectivity index (χ3n) is 5.55. The Kier molecular flexibility index (Phi) is 5.40. The monoisotopic (exact) mass is 337 g/mol. The minimum Gasteiger partial charge on any atom is -0.379 e. The van der Waals surface area contributed by atoms with Crippen LogP contribution in [0.15, 0.2) is 48.8 Å². The number of nitrogens with one attached hydrogen (secondary N) is 2. The molecule has 4 nitrogen and oxygen atoms in total. The Morgan fingerprint density at radius 1 is 1.12 bits per heavy atom. The van der Waals surface area contributed by atoms with Crippen molar-refractivity contribution in [3.05, 3.63) is 54.4 Å². The molecule has 1 aliphatic carbocycles. The van der Waals surface area contributed by atoms with Gasteiger partial charge < -0.3 is 15.4 Å². The Hall–Kier alpha value is -1.75. The van der Waals surface area contributed by atoms with Gasteiger partial charge in [0, 0.05) is 37.6 Å². The van der Waals surface area contributed by atoms with Crippen LogP contribution in [0.4, 0.5) is 0 Å². The SMILES string of the molecule is c1cncc(-c2ccc(CNC3CCCC3C3COCCN3)cc2)c1. The topological polar surface area (TPSA) is 46.2 Å². The third-order valence-corrected chi connectivity index (χ3v) is 5.55. The first-order chi connectivity index (χ1) is 12.4. The molecule has 0 spiro atoms. The van der Waals surface area contributed by atoms with Crippen molar-refractivity contribution < 1.29 is 4.74 Å². The first-order valence-electron chi connectivity index (χ1n) is 9.44. The number of ether oxygens (including phenoxy) is 1. The lowest BCUT2D eigenvalue weighted by Crippen LogP contribution is -2.50. The molecular weight excluding hydrogens is 310 g/mol. The second-order valence-corrected chi connectivity index (χ2v) is 7.16. The van der Waals surface area contributed by atoms with Gasteiger partial charge in [-0.2, -0.15) is 0 Å². The number of hydrogen-bond donors (Lipinski definition) is 2. The minimum atomic E-state index is 0.515. The molecule has 132 valence electrons. The van der Waals surface area contributed by atoms with Gasteiger partial charge in [0.2, 0.25) is 0 Å². The molecule has 2 aromatic rings. The fourth-order valence-electron chi connectivity index (χ4n) is 4.18. The Labute approximate surface area is 150 Å². The van der Waals surface area contributed by atoms with Gasteiger partial charge in [0.15, 0.2) is 0 Å². The second kappa shape index (κ2) is 8.09. The number of pyridine rings is 1. The van der Waals surface area contributed by atoms with E-state index in [9.17, 15) is 0 Å². The lowest BCUT2D eigenvalue weighted by molar-refractivity contribution is 0.0524. The summed E-state index contributed by atoms with van der Waals surface area (Å²) in [7, 11) is 0. The molecule has 2 fully saturated rings. The van der Waals surface area contributed by atoms with Crippen molar-refractivity contribution in [2.75, 3.05) is 19.8 Å². The van der Waals surface area contributed by atoms with Crippen LogP contribution in [-0.4, -0.2) is 36.8 Å². The summed E-state index contributed by atoms with van der Waals surface area (Å²) in [5, 5.41) is 7.44. The molecule has 2 aliphatic rings. The molecular formula is C21H27N3O. The number of hydrogen-bond acceptors (Lipinski definition) is 4. The zero-order valence-electron chi connectivity index (χ0n) is 14.7. The fraction of sp³-hybridized carbons (Fsp3) is 0.476. The van der Waals surface area contributed by atoms with Crippen LogP contribution >= 0.6 is 0 Å². The fourth-order valence-corrected chi connectivity index (χ4v) is 4.18. The van der Waals surface area contributed by atoms with Crippen LogP contribution in [0.5, 0.6) is 0 Å². The number of benzene rings is 1. The van der Waals surface area contributed by atoms with Crippen LogP contribution in [0.1, 0.15) is 24.8 Å². The molecule has 1 saturated carbocycles. The van der Waals surface area contributed by atoms with E-state index >= 15 is 0 Å². The van der Waals surface area contributed by atoms with Crippen molar-refractivity contribution in [3.8, 4) is 11.1 Å². The highest BCUT2D eigenvalue weighted by molar-refractivity contribution is 5.62. The molecule has 1 saturated heterocycles. The van der Waals surface area contributed by atoms with Crippen LogP contribution in [0.2, 0.25) is 0 Å². The van der Waals surface area contributed by atoms with Crippen LogP contribution in [-0.2, 0) is 11.3 Å². The molecule has 0 amide bonds. The molecule has 25 heavy (non-hydrogen) atoms. The second-order valence-electron chi connectivity index (χ2n) is 7.16. The van der Waals surface area contributed by atoms with Crippen LogP contribution in [0.25, 0.3) is 11.1 Å². The lowest BCUT2D eigenvalue weighted by atomic mass is 9.94. The maximum Gasteiger partial charge on any atom is 0.0623 e. The van der Waals surface area contributed by atoms with Gasteiger partial charge in [0.05, 0.1) is 13.2 Å². The molecule has 0 radical (unpaired) electrons. The summed E-state index contributed by atoms with van der Waals surface area (Å²) in [5.41, 5.74) is 3.73. The third kappa shape index (κ3) is 4.09. The van der Waals surface area contributed by atoms with Gasteiger partial charge in [-0.25, -0.2) is 0 Å². The highest BCUT2D eigenvalue weighted by atomic mass is 16.5. The van der Waals surface area contributed by atoms with Crippen molar-refractivity contribution in [2.45, 2.75) is 37.9 Å². The van der Waals surface area contributed by atoms with Crippen LogP contribution in [0, 0.1) is 5.92 Å². The molecule has 2 N–H and O–H groups in total. The van der Waals surface area contributed by atoms with E-state index in [-0.39, 0.29) is 0 Å². The predicted molar refractivity (Wildman–Crippen MR) is 100 cm³/mol. The number of aromatic nitrogens is 1. The van der Waals surface area contributed by atoms with Gasteiger partial charge in [-0.15, -0.1) is 0 Å². The van der Waals surface area contributed by atoms with Gasteiger partial charge in [0.25, 0.3) is 0 Å². The van der Waals surface area contributed by atoms with Gasteiger partial charge in [0.1, 0.15) is 0 Å². The summed E-state index contributed by atoms with van der Waals surface area (Å²) in [6, 6.07) is 14.0. The summed E-state index contributed by atoms with van der Waals surface area (Å²) in [6.07, 6.45) is 7.62. The van der Waals surface area contributed by atoms with Crippen molar-refractivity contribution in [2.24, 2.45) is 5.92 Å². The highest BCUT2D eigenvalue weighted by Crippen LogP contribution is 2.29. The first-order valence-corrected chi connectivity index (χ1v) is 9.44. The molecule has 1 aromatic carbocycles. The summed E-state index contributed by atoms with van der Waals surface area (Å²) in [6.45, 7) is 3.64. The standard InChI is InChI=1S/C21H27N3O/c1-4-19(21-15-25-12-11-23-21)20(5-1)24-13-16-6-8-17(9-7-16)18-3-2-10-22-14-18/h2-3,6-10,14,19-21,23-24H,1,4-5,11-13,15H2. The quantitative estimate of drug-likeness (QED) is 0.880.